The van der Waals surface area contributed by atoms with E-state index >= 15 is 0 Å². The van der Waals surface area contributed by atoms with Crippen LogP contribution in [0.4, 0.5) is 4.39 Å². The molecule has 0 saturated heterocycles. The zero-order valence-corrected chi connectivity index (χ0v) is 12.1. The van der Waals surface area contributed by atoms with E-state index in [-0.39, 0.29) is 11.6 Å². The van der Waals surface area contributed by atoms with Crippen LogP contribution in [0.3, 0.4) is 0 Å². The van der Waals surface area contributed by atoms with Gasteiger partial charge in [-0.3, -0.25) is 0 Å². The minimum atomic E-state index is -0.335. The minimum absolute atomic E-state index is 0.269. The van der Waals surface area contributed by atoms with E-state index in [0.29, 0.717) is 19.8 Å². The Morgan fingerprint density at radius 1 is 1.29 bits per heavy atom. The first-order valence-electron chi connectivity index (χ1n) is 6.93. The summed E-state index contributed by atoms with van der Waals surface area (Å²) in [6.45, 7) is 2.59. The van der Waals surface area contributed by atoms with Gasteiger partial charge in [0.05, 0.1) is 13.4 Å². The molecule has 0 aliphatic rings. The number of hydrogen-bond acceptors (Lipinski definition) is 4. The second-order valence-electron chi connectivity index (χ2n) is 4.63. The fourth-order valence-corrected chi connectivity index (χ4v) is 1.92. The first-order valence-corrected chi connectivity index (χ1v) is 6.93. The summed E-state index contributed by atoms with van der Waals surface area (Å²) < 4.78 is 29.0. The molecule has 4 nitrogen and oxygen atoms in total. The molecule has 1 N–H and O–H groups in total. The Bertz CT molecular complexity index is 528. The topological polar surface area (TPSA) is 43.6 Å². The first-order chi connectivity index (χ1) is 10.3. The molecule has 1 heterocycles. The third-order valence-electron chi connectivity index (χ3n) is 3.01. The number of halogens is 1. The summed E-state index contributed by atoms with van der Waals surface area (Å²) in [6.07, 6.45) is 2.52. The van der Waals surface area contributed by atoms with Gasteiger partial charge in [0, 0.05) is 13.2 Å². The van der Waals surface area contributed by atoms with Gasteiger partial charge in [0.2, 0.25) is 0 Å². The Hall–Kier alpha value is -1.85. The van der Waals surface area contributed by atoms with Gasteiger partial charge in [0.1, 0.15) is 12.4 Å². The zero-order valence-electron chi connectivity index (χ0n) is 12.1. The number of ether oxygens (including phenoxy) is 2. The van der Waals surface area contributed by atoms with Crippen LogP contribution in [-0.2, 0) is 17.9 Å². The lowest BCUT2D eigenvalue weighted by molar-refractivity contribution is 0.104. The highest BCUT2D eigenvalue weighted by Gasteiger charge is 2.03. The largest absolute Gasteiger partial charge is 0.494 e. The van der Waals surface area contributed by atoms with Gasteiger partial charge in [0.25, 0.3) is 0 Å². The van der Waals surface area contributed by atoms with Crippen molar-refractivity contribution in [2.24, 2.45) is 0 Å². The summed E-state index contributed by atoms with van der Waals surface area (Å²) in [5.41, 5.74) is 0.893. The second kappa shape index (κ2) is 8.44. The van der Waals surface area contributed by atoms with E-state index in [9.17, 15) is 4.39 Å². The van der Waals surface area contributed by atoms with Crippen molar-refractivity contribution >= 4 is 0 Å². The van der Waals surface area contributed by atoms with Gasteiger partial charge in [-0.2, -0.15) is 0 Å². The summed E-state index contributed by atoms with van der Waals surface area (Å²) >= 11 is 0. The highest BCUT2D eigenvalue weighted by Crippen LogP contribution is 2.17. The second-order valence-corrected chi connectivity index (χ2v) is 4.63. The van der Waals surface area contributed by atoms with Crippen LogP contribution in [0, 0.1) is 5.82 Å². The molecule has 0 fully saturated rings. The van der Waals surface area contributed by atoms with Crippen molar-refractivity contribution in [2.75, 3.05) is 20.3 Å². The van der Waals surface area contributed by atoms with Crippen LogP contribution in [0.15, 0.2) is 41.0 Å². The molecule has 5 heteroatoms. The van der Waals surface area contributed by atoms with E-state index in [1.165, 1.54) is 13.2 Å². The van der Waals surface area contributed by atoms with E-state index in [1.807, 2.05) is 18.2 Å². The van der Waals surface area contributed by atoms with Gasteiger partial charge >= 0.3 is 0 Å². The summed E-state index contributed by atoms with van der Waals surface area (Å²) in [5, 5.41) is 3.25. The van der Waals surface area contributed by atoms with Gasteiger partial charge in [0.15, 0.2) is 11.6 Å². The van der Waals surface area contributed by atoms with Crippen LogP contribution in [0.1, 0.15) is 17.7 Å². The SMILES string of the molecule is COc1ccc(CNCCCOCc2ccco2)cc1F. The van der Waals surface area contributed by atoms with Gasteiger partial charge in [-0.25, -0.2) is 4.39 Å². The molecule has 0 aliphatic heterocycles. The zero-order chi connectivity index (χ0) is 14.9. The lowest BCUT2D eigenvalue weighted by Gasteiger charge is -2.07. The molecule has 2 rings (SSSR count). The number of rotatable bonds is 9. The van der Waals surface area contributed by atoms with Gasteiger partial charge in [-0.1, -0.05) is 6.07 Å². The molecule has 0 aliphatic carbocycles. The third kappa shape index (κ3) is 5.21. The monoisotopic (exact) mass is 293 g/mol. The van der Waals surface area contributed by atoms with Crippen LogP contribution >= 0.6 is 0 Å². The molecule has 0 saturated carbocycles. The molecule has 114 valence electrons. The molecular formula is C16H20FNO3. The van der Waals surface area contributed by atoms with Gasteiger partial charge in [-0.15, -0.1) is 0 Å². The average molecular weight is 293 g/mol. The van der Waals surface area contributed by atoms with Crippen molar-refractivity contribution in [1.82, 2.24) is 5.32 Å². The highest BCUT2D eigenvalue weighted by molar-refractivity contribution is 5.29. The van der Waals surface area contributed by atoms with Crippen molar-refractivity contribution in [3.05, 3.63) is 53.7 Å². The summed E-state index contributed by atoms with van der Waals surface area (Å²) in [5.74, 6) is 0.764. The van der Waals surface area contributed by atoms with Crippen LogP contribution < -0.4 is 10.1 Å². The third-order valence-corrected chi connectivity index (χ3v) is 3.01. The smallest absolute Gasteiger partial charge is 0.165 e. The molecular weight excluding hydrogens is 273 g/mol. The maximum atomic E-state index is 13.5. The summed E-state index contributed by atoms with van der Waals surface area (Å²) in [4.78, 5) is 0. The molecule has 2 aromatic rings. The number of methoxy groups -OCH3 is 1. The lowest BCUT2D eigenvalue weighted by Crippen LogP contribution is -2.16. The molecule has 0 unspecified atom stereocenters. The van der Waals surface area contributed by atoms with E-state index in [1.54, 1.807) is 12.3 Å². The maximum absolute atomic E-state index is 13.5. The number of furan rings is 1. The Kier molecular flexibility index (Phi) is 6.24. The highest BCUT2D eigenvalue weighted by atomic mass is 19.1. The van der Waals surface area contributed by atoms with Crippen molar-refractivity contribution in [1.29, 1.82) is 0 Å². The van der Waals surface area contributed by atoms with Crippen molar-refractivity contribution < 1.29 is 18.3 Å². The number of hydrogen-bond donors (Lipinski definition) is 1. The molecule has 21 heavy (non-hydrogen) atoms. The minimum Gasteiger partial charge on any atom is -0.494 e. The Balaban J connectivity index is 1.56. The normalized spacial score (nSPS) is 10.8. The predicted octanol–water partition coefficient (Wildman–Crippen LogP) is 3.12. The molecule has 1 aromatic carbocycles. The molecule has 0 bridgehead atoms. The lowest BCUT2D eigenvalue weighted by atomic mass is 10.2. The first kappa shape index (κ1) is 15.5. The van der Waals surface area contributed by atoms with Crippen molar-refractivity contribution in [2.45, 2.75) is 19.6 Å². The van der Waals surface area contributed by atoms with Crippen molar-refractivity contribution in [3.63, 3.8) is 0 Å². The van der Waals surface area contributed by atoms with Crippen molar-refractivity contribution in [3.8, 4) is 5.75 Å². The Morgan fingerprint density at radius 3 is 2.90 bits per heavy atom. The van der Waals surface area contributed by atoms with Gasteiger partial charge in [-0.05, 0) is 42.8 Å². The summed E-state index contributed by atoms with van der Waals surface area (Å²) in [7, 11) is 1.46. The average Bonchev–Trinajstić information content (AvgIpc) is 3.00. The van der Waals surface area contributed by atoms with Crippen LogP contribution in [-0.4, -0.2) is 20.3 Å². The Morgan fingerprint density at radius 2 is 2.19 bits per heavy atom. The Labute approximate surface area is 123 Å². The van der Waals surface area contributed by atoms with Crippen LogP contribution in [0.25, 0.3) is 0 Å². The molecule has 1 aromatic heterocycles. The maximum Gasteiger partial charge on any atom is 0.165 e. The number of nitrogens with one attached hydrogen (secondary N) is 1. The number of benzene rings is 1. The predicted molar refractivity (Wildman–Crippen MR) is 77.6 cm³/mol. The van der Waals surface area contributed by atoms with E-state index in [4.69, 9.17) is 13.9 Å². The fourth-order valence-electron chi connectivity index (χ4n) is 1.92. The van der Waals surface area contributed by atoms with E-state index in [2.05, 4.69) is 5.32 Å². The van der Waals surface area contributed by atoms with E-state index < -0.39 is 0 Å². The fraction of sp³-hybridized carbons (Fsp3) is 0.375. The molecule has 0 atom stereocenters. The van der Waals surface area contributed by atoms with Crippen LogP contribution in [0.2, 0.25) is 0 Å². The van der Waals surface area contributed by atoms with Crippen LogP contribution in [0.5, 0.6) is 5.75 Å². The standard InChI is InChI=1S/C16H20FNO3/c1-19-16-6-5-13(10-15(16)17)11-18-7-3-8-20-12-14-4-2-9-21-14/h2,4-6,9-10,18H,3,7-8,11-12H2,1H3. The molecule has 0 spiro atoms. The van der Waals surface area contributed by atoms with E-state index in [0.717, 1.165) is 24.3 Å². The van der Waals surface area contributed by atoms with Gasteiger partial charge < -0.3 is 19.2 Å². The molecule has 0 amide bonds. The molecule has 0 radical (unpaired) electrons. The quantitative estimate of drug-likeness (QED) is 0.721. The summed E-state index contributed by atoms with van der Waals surface area (Å²) in [6, 6.07) is 8.70.